The van der Waals surface area contributed by atoms with Gasteiger partial charge >= 0.3 is 5.97 Å². The van der Waals surface area contributed by atoms with Gasteiger partial charge in [0.2, 0.25) is 0 Å². The zero-order valence-corrected chi connectivity index (χ0v) is 14.9. The third kappa shape index (κ3) is 5.01. The van der Waals surface area contributed by atoms with Crippen molar-refractivity contribution >= 4 is 16.0 Å². The average Bonchev–Trinajstić information content (AvgIpc) is 2.62. The average molecular weight is 364 g/mol. The molecule has 0 N–H and O–H groups in total. The third-order valence-corrected chi connectivity index (χ3v) is 4.93. The zero-order chi connectivity index (χ0) is 18.3. The van der Waals surface area contributed by atoms with Crippen LogP contribution >= 0.6 is 0 Å². The highest BCUT2D eigenvalue weighted by atomic mass is 32.2. The first-order valence-electron chi connectivity index (χ1n) is 7.74. The van der Waals surface area contributed by atoms with Crippen molar-refractivity contribution in [1.82, 2.24) is 9.45 Å². The minimum Gasteiger partial charge on any atom is -0.497 e. The highest BCUT2D eigenvalue weighted by molar-refractivity contribution is 7.89. The summed E-state index contributed by atoms with van der Waals surface area (Å²) < 4.78 is 31.5. The molecule has 0 fully saturated rings. The SMILES string of the molecule is CCCC(=O)ON(Cc1cccnc1)S(=O)(=O)c1ccc(OC)cc1. The maximum absolute atomic E-state index is 12.9. The third-order valence-electron chi connectivity index (χ3n) is 3.32. The lowest BCUT2D eigenvalue weighted by molar-refractivity contribution is -0.171. The van der Waals surface area contributed by atoms with Crippen LogP contribution in [0.1, 0.15) is 25.3 Å². The first-order chi connectivity index (χ1) is 12.0. The number of hydroxylamine groups is 1. The molecule has 0 saturated carbocycles. The summed E-state index contributed by atoms with van der Waals surface area (Å²) >= 11 is 0. The molecule has 2 aromatic rings. The van der Waals surface area contributed by atoms with E-state index in [0.29, 0.717) is 22.2 Å². The Morgan fingerprint density at radius 3 is 2.48 bits per heavy atom. The summed E-state index contributed by atoms with van der Waals surface area (Å²) in [5, 5.41) is 0. The van der Waals surface area contributed by atoms with Crippen molar-refractivity contribution in [3.05, 3.63) is 54.4 Å². The monoisotopic (exact) mass is 364 g/mol. The van der Waals surface area contributed by atoms with Gasteiger partial charge in [0.25, 0.3) is 10.0 Å². The van der Waals surface area contributed by atoms with Crippen molar-refractivity contribution < 1.29 is 22.8 Å². The molecule has 0 spiro atoms. The number of aromatic nitrogens is 1. The van der Waals surface area contributed by atoms with Crippen LogP contribution in [0.4, 0.5) is 0 Å². The summed E-state index contributed by atoms with van der Waals surface area (Å²) in [4.78, 5) is 20.9. The predicted molar refractivity (Wildman–Crippen MR) is 91.0 cm³/mol. The van der Waals surface area contributed by atoms with E-state index >= 15 is 0 Å². The summed E-state index contributed by atoms with van der Waals surface area (Å²) in [6, 6.07) is 9.25. The molecule has 1 heterocycles. The van der Waals surface area contributed by atoms with E-state index in [1.165, 1.54) is 37.6 Å². The fourth-order valence-electron chi connectivity index (χ4n) is 2.04. The van der Waals surface area contributed by atoms with Gasteiger partial charge in [0.15, 0.2) is 0 Å². The minimum atomic E-state index is -4.03. The number of rotatable bonds is 8. The fourth-order valence-corrected chi connectivity index (χ4v) is 3.25. The zero-order valence-electron chi connectivity index (χ0n) is 14.1. The van der Waals surface area contributed by atoms with Gasteiger partial charge in [0.05, 0.1) is 18.6 Å². The maximum Gasteiger partial charge on any atom is 0.326 e. The number of pyridine rings is 1. The second kappa shape index (κ2) is 8.59. The number of ether oxygens (including phenoxy) is 1. The Balaban J connectivity index is 2.32. The van der Waals surface area contributed by atoms with Crippen LogP contribution in [0.2, 0.25) is 0 Å². The molecule has 0 aliphatic heterocycles. The topological polar surface area (TPSA) is 85.8 Å². The number of hydrogen-bond acceptors (Lipinski definition) is 6. The number of carbonyl (C=O) groups is 1. The quantitative estimate of drug-likeness (QED) is 0.669. The summed E-state index contributed by atoms with van der Waals surface area (Å²) in [5.41, 5.74) is 0.601. The van der Waals surface area contributed by atoms with Crippen LogP contribution in [-0.4, -0.2) is 30.9 Å². The van der Waals surface area contributed by atoms with E-state index in [1.807, 2.05) is 6.92 Å². The molecule has 0 aliphatic rings. The van der Waals surface area contributed by atoms with E-state index < -0.39 is 16.0 Å². The lowest BCUT2D eigenvalue weighted by atomic mass is 10.3. The molecule has 0 saturated heterocycles. The Bertz CT molecular complexity index is 792. The number of methoxy groups -OCH3 is 1. The Morgan fingerprint density at radius 2 is 1.92 bits per heavy atom. The molecule has 2 rings (SSSR count). The lowest BCUT2D eigenvalue weighted by Gasteiger charge is -2.21. The van der Waals surface area contributed by atoms with Gasteiger partial charge in [-0.05, 0) is 46.8 Å². The van der Waals surface area contributed by atoms with Crippen LogP contribution in [0.15, 0.2) is 53.7 Å². The molecule has 0 atom stereocenters. The van der Waals surface area contributed by atoms with Gasteiger partial charge in [-0.25, -0.2) is 8.42 Å². The second-order valence-electron chi connectivity index (χ2n) is 5.22. The van der Waals surface area contributed by atoms with Crippen LogP contribution in [0.25, 0.3) is 0 Å². The first-order valence-corrected chi connectivity index (χ1v) is 9.18. The molecule has 1 aromatic heterocycles. The van der Waals surface area contributed by atoms with E-state index in [1.54, 1.807) is 18.3 Å². The van der Waals surface area contributed by atoms with Crippen molar-refractivity contribution in [2.24, 2.45) is 0 Å². The van der Waals surface area contributed by atoms with Crippen LogP contribution in [-0.2, 0) is 26.2 Å². The molecule has 7 nitrogen and oxygen atoms in total. The van der Waals surface area contributed by atoms with E-state index in [2.05, 4.69) is 4.98 Å². The van der Waals surface area contributed by atoms with Crippen molar-refractivity contribution in [2.45, 2.75) is 31.2 Å². The van der Waals surface area contributed by atoms with Gasteiger partial charge in [-0.1, -0.05) is 13.0 Å². The second-order valence-corrected chi connectivity index (χ2v) is 7.04. The molecule has 134 valence electrons. The standard InChI is InChI=1S/C17H20N2O5S/c1-3-5-17(20)24-19(13-14-6-4-11-18-12-14)25(21,22)16-9-7-15(23-2)8-10-16/h4,6-12H,3,5,13H2,1-2H3. The Labute approximate surface area is 147 Å². The molecule has 1 aromatic carbocycles. The Kier molecular flexibility index (Phi) is 6.49. The smallest absolute Gasteiger partial charge is 0.326 e. The largest absolute Gasteiger partial charge is 0.497 e. The number of benzene rings is 1. The lowest BCUT2D eigenvalue weighted by Crippen LogP contribution is -2.33. The van der Waals surface area contributed by atoms with Crippen LogP contribution in [0.3, 0.4) is 0 Å². The normalized spacial score (nSPS) is 11.3. The molecular formula is C17H20N2O5S. The number of carbonyl (C=O) groups excluding carboxylic acids is 1. The molecule has 0 unspecified atom stereocenters. The van der Waals surface area contributed by atoms with Gasteiger partial charge in [0, 0.05) is 18.8 Å². The predicted octanol–water partition coefficient (Wildman–Crippen LogP) is 2.54. The minimum absolute atomic E-state index is 0.00138. The highest BCUT2D eigenvalue weighted by Crippen LogP contribution is 2.22. The summed E-state index contributed by atoms with van der Waals surface area (Å²) in [7, 11) is -2.54. The molecule has 8 heteroatoms. The maximum atomic E-state index is 12.9. The molecule has 25 heavy (non-hydrogen) atoms. The van der Waals surface area contributed by atoms with Gasteiger partial charge in [0.1, 0.15) is 5.75 Å². The van der Waals surface area contributed by atoms with Crippen LogP contribution in [0.5, 0.6) is 5.75 Å². The summed E-state index contributed by atoms with van der Waals surface area (Å²) in [5.74, 6) is -0.0794. The van der Waals surface area contributed by atoms with Crippen LogP contribution in [0, 0.1) is 0 Å². The van der Waals surface area contributed by atoms with Gasteiger partial charge < -0.3 is 9.57 Å². The molecule has 0 bridgehead atoms. The van der Waals surface area contributed by atoms with Gasteiger partial charge in [-0.15, -0.1) is 0 Å². The Morgan fingerprint density at radius 1 is 1.20 bits per heavy atom. The number of hydrogen-bond donors (Lipinski definition) is 0. The van der Waals surface area contributed by atoms with Gasteiger partial charge in [-0.2, -0.15) is 0 Å². The van der Waals surface area contributed by atoms with Gasteiger partial charge in [-0.3, -0.25) is 9.78 Å². The molecule has 0 radical (unpaired) electrons. The van der Waals surface area contributed by atoms with E-state index in [9.17, 15) is 13.2 Å². The van der Waals surface area contributed by atoms with E-state index in [-0.39, 0.29) is 17.9 Å². The van der Waals surface area contributed by atoms with Crippen molar-refractivity contribution in [3.63, 3.8) is 0 Å². The number of sulfonamides is 1. The van der Waals surface area contributed by atoms with E-state index in [4.69, 9.17) is 9.57 Å². The summed E-state index contributed by atoms with van der Waals surface area (Å²) in [6.45, 7) is 1.68. The highest BCUT2D eigenvalue weighted by Gasteiger charge is 2.28. The van der Waals surface area contributed by atoms with E-state index in [0.717, 1.165) is 0 Å². The molecule has 0 aliphatic carbocycles. The van der Waals surface area contributed by atoms with Crippen molar-refractivity contribution in [1.29, 1.82) is 0 Å². The first kappa shape index (κ1) is 18.9. The molecular weight excluding hydrogens is 344 g/mol. The van der Waals surface area contributed by atoms with Crippen molar-refractivity contribution in [2.75, 3.05) is 7.11 Å². The fraction of sp³-hybridized carbons (Fsp3) is 0.294. The van der Waals surface area contributed by atoms with Crippen molar-refractivity contribution in [3.8, 4) is 5.75 Å². The van der Waals surface area contributed by atoms with Crippen LogP contribution < -0.4 is 4.74 Å². The summed E-state index contributed by atoms with van der Waals surface area (Å²) in [6.07, 6.45) is 3.78. The number of nitrogens with zero attached hydrogens (tertiary/aromatic N) is 2. The Hall–Kier alpha value is -2.45. The molecule has 0 amide bonds.